The summed E-state index contributed by atoms with van der Waals surface area (Å²) in [5.41, 5.74) is 0.803. The molecule has 120 valence electrons. The van der Waals surface area contributed by atoms with Crippen molar-refractivity contribution in [2.45, 2.75) is 38.8 Å². The number of hydrogen-bond donors (Lipinski definition) is 0. The molecule has 0 spiro atoms. The largest absolute Gasteiger partial charge is 0.338 e. The van der Waals surface area contributed by atoms with E-state index in [-0.39, 0.29) is 11.7 Å². The lowest BCUT2D eigenvalue weighted by atomic mass is 9.94. The molecule has 3 aliphatic rings. The number of fused-ring (bicyclic) bond motifs is 4. The summed E-state index contributed by atoms with van der Waals surface area (Å²) in [5, 5.41) is 0.592. The average molecular weight is 325 g/mol. The van der Waals surface area contributed by atoms with Crippen LogP contribution in [0.25, 0.3) is 0 Å². The van der Waals surface area contributed by atoms with Crippen LogP contribution in [0.4, 0.5) is 4.39 Å². The molecular weight excluding hydrogens is 303 g/mol. The maximum Gasteiger partial charge on any atom is 0.227 e. The third-order valence-electron chi connectivity index (χ3n) is 4.74. The summed E-state index contributed by atoms with van der Waals surface area (Å²) in [6, 6.07) is 4.77. The van der Waals surface area contributed by atoms with Crippen LogP contribution in [0.1, 0.15) is 31.7 Å². The lowest BCUT2D eigenvalue weighted by molar-refractivity contribution is -0.139. The molecule has 2 bridgehead atoms. The van der Waals surface area contributed by atoms with E-state index in [4.69, 9.17) is 11.6 Å². The van der Waals surface area contributed by atoms with Gasteiger partial charge in [-0.2, -0.15) is 0 Å². The van der Waals surface area contributed by atoms with E-state index in [1.165, 1.54) is 12.1 Å². The van der Waals surface area contributed by atoms with Crippen molar-refractivity contribution in [1.82, 2.24) is 9.80 Å². The van der Waals surface area contributed by atoms with Crippen molar-refractivity contribution in [2.75, 3.05) is 19.6 Å². The fraction of sp³-hybridized carbons (Fsp3) is 0.588. The molecule has 5 heteroatoms. The van der Waals surface area contributed by atoms with Gasteiger partial charge in [0, 0.05) is 37.2 Å². The third-order valence-corrected chi connectivity index (χ3v) is 5.10. The third kappa shape index (κ3) is 3.13. The fourth-order valence-corrected chi connectivity index (χ4v) is 3.88. The zero-order valence-corrected chi connectivity index (χ0v) is 13.7. The topological polar surface area (TPSA) is 23.6 Å². The molecule has 1 aromatic rings. The van der Waals surface area contributed by atoms with Gasteiger partial charge in [-0.05, 0) is 43.0 Å². The van der Waals surface area contributed by atoms with E-state index in [0.717, 1.165) is 44.5 Å². The Bertz CT molecular complexity index is 566. The van der Waals surface area contributed by atoms with Gasteiger partial charge in [0.2, 0.25) is 5.91 Å². The molecule has 1 amide bonds. The van der Waals surface area contributed by atoms with Gasteiger partial charge in [0.05, 0.1) is 5.92 Å². The zero-order valence-electron chi connectivity index (χ0n) is 12.9. The first-order valence-electron chi connectivity index (χ1n) is 8.05. The predicted molar refractivity (Wildman–Crippen MR) is 85.2 cm³/mol. The molecule has 0 aliphatic carbocycles. The Balaban J connectivity index is 1.77. The maximum atomic E-state index is 13.4. The van der Waals surface area contributed by atoms with Crippen LogP contribution in [-0.2, 0) is 11.3 Å². The Morgan fingerprint density at radius 1 is 1.32 bits per heavy atom. The van der Waals surface area contributed by atoms with E-state index in [0.29, 0.717) is 23.5 Å². The van der Waals surface area contributed by atoms with E-state index < -0.39 is 0 Å². The van der Waals surface area contributed by atoms with Crippen LogP contribution in [0.3, 0.4) is 0 Å². The summed E-state index contributed by atoms with van der Waals surface area (Å²) in [7, 11) is 0. The second kappa shape index (κ2) is 6.55. The SMILES string of the molecule is CCCN1C(=O)[C@H]2CC[C@@H]1CN(Cc1cc(F)ccc1Cl)C2. The van der Waals surface area contributed by atoms with Gasteiger partial charge >= 0.3 is 0 Å². The van der Waals surface area contributed by atoms with Gasteiger partial charge in [0.1, 0.15) is 5.82 Å². The second-order valence-corrected chi connectivity index (χ2v) is 6.80. The van der Waals surface area contributed by atoms with Crippen LogP contribution < -0.4 is 0 Å². The number of nitrogens with zero attached hydrogens (tertiary/aromatic N) is 2. The molecule has 3 nitrogen and oxygen atoms in total. The van der Waals surface area contributed by atoms with Gasteiger partial charge in [-0.3, -0.25) is 9.69 Å². The second-order valence-electron chi connectivity index (χ2n) is 6.39. The van der Waals surface area contributed by atoms with E-state index in [1.807, 2.05) is 0 Å². The van der Waals surface area contributed by atoms with Crippen LogP contribution in [0.5, 0.6) is 0 Å². The monoisotopic (exact) mass is 324 g/mol. The van der Waals surface area contributed by atoms with Gasteiger partial charge < -0.3 is 4.90 Å². The van der Waals surface area contributed by atoms with Crippen LogP contribution in [0, 0.1) is 11.7 Å². The number of halogens is 2. The van der Waals surface area contributed by atoms with Crippen molar-refractivity contribution in [3.05, 3.63) is 34.6 Å². The minimum absolute atomic E-state index is 0.0811. The first-order valence-corrected chi connectivity index (χ1v) is 8.43. The van der Waals surface area contributed by atoms with Crippen LogP contribution >= 0.6 is 11.6 Å². The van der Waals surface area contributed by atoms with Crippen molar-refractivity contribution < 1.29 is 9.18 Å². The molecule has 3 saturated heterocycles. The molecule has 0 aromatic heterocycles. The summed E-state index contributed by atoms with van der Waals surface area (Å²) < 4.78 is 13.4. The van der Waals surface area contributed by atoms with Crippen molar-refractivity contribution in [2.24, 2.45) is 5.92 Å². The zero-order chi connectivity index (χ0) is 15.7. The highest BCUT2D eigenvalue weighted by molar-refractivity contribution is 6.31. The minimum atomic E-state index is -0.263. The normalized spacial score (nSPS) is 25.6. The summed E-state index contributed by atoms with van der Waals surface area (Å²) in [5.74, 6) is 0.115. The number of carbonyl (C=O) groups is 1. The highest BCUT2D eigenvalue weighted by Crippen LogP contribution is 2.30. The Morgan fingerprint density at radius 2 is 2.14 bits per heavy atom. The smallest absolute Gasteiger partial charge is 0.227 e. The first-order chi connectivity index (χ1) is 10.6. The number of hydrogen-bond acceptors (Lipinski definition) is 2. The van der Waals surface area contributed by atoms with Gasteiger partial charge in [-0.25, -0.2) is 4.39 Å². The summed E-state index contributed by atoms with van der Waals surface area (Å²) in [6.45, 7) is 5.17. The van der Waals surface area contributed by atoms with Gasteiger partial charge in [-0.1, -0.05) is 18.5 Å². The number of amides is 1. The van der Waals surface area contributed by atoms with Crippen LogP contribution in [-0.4, -0.2) is 41.4 Å². The quantitative estimate of drug-likeness (QED) is 0.848. The Hall–Kier alpha value is -1.13. The molecule has 0 saturated carbocycles. The summed E-state index contributed by atoms with van der Waals surface area (Å²) in [6.07, 6.45) is 3.03. The van der Waals surface area contributed by atoms with E-state index in [2.05, 4.69) is 16.7 Å². The molecule has 0 radical (unpaired) electrons. The molecular formula is C17H22ClFN2O. The number of rotatable bonds is 4. The number of benzene rings is 1. The molecule has 1 aromatic carbocycles. The molecule has 3 aliphatic heterocycles. The molecule has 0 N–H and O–H groups in total. The lowest BCUT2D eigenvalue weighted by Gasteiger charge is -2.35. The Morgan fingerprint density at radius 3 is 2.91 bits per heavy atom. The van der Waals surface area contributed by atoms with Gasteiger partial charge in [0.25, 0.3) is 0 Å². The first kappa shape index (κ1) is 15.8. The van der Waals surface area contributed by atoms with Crippen molar-refractivity contribution >= 4 is 17.5 Å². The average Bonchev–Trinajstić information content (AvgIpc) is 2.75. The Kier molecular flexibility index (Phi) is 4.69. The minimum Gasteiger partial charge on any atom is -0.338 e. The van der Waals surface area contributed by atoms with Crippen LogP contribution in [0.15, 0.2) is 18.2 Å². The van der Waals surface area contributed by atoms with E-state index >= 15 is 0 Å². The van der Waals surface area contributed by atoms with E-state index in [9.17, 15) is 9.18 Å². The number of carbonyl (C=O) groups excluding carboxylic acids is 1. The molecule has 2 atom stereocenters. The maximum absolute atomic E-state index is 13.4. The van der Waals surface area contributed by atoms with E-state index in [1.54, 1.807) is 6.07 Å². The standard InChI is InChI=1S/C17H22ClFN2O/c1-2-7-21-15-5-3-12(17(21)22)9-20(11-15)10-13-8-14(19)4-6-16(13)18/h4,6,8,12,15H,2-3,5,7,9-11H2,1H3/t12-,15+/m0/s1. The van der Waals surface area contributed by atoms with Crippen LogP contribution in [0.2, 0.25) is 5.02 Å². The molecule has 22 heavy (non-hydrogen) atoms. The lowest BCUT2D eigenvalue weighted by Crippen LogP contribution is -2.48. The number of piperidine rings is 1. The molecule has 0 unspecified atom stereocenters. The summed E-state index contributed by atoms with van der Waals surface area (Å²) >= 11 is 6.18. The summed E-state index contributed by atoms with van der Waals surface area (Å²) in [4.78, 5) is 16.8. The Labute approximate surface area is 136 Å². The van der Waals surface area contributed by atoms with Gasteiger partial charge in [-0.15, -0.1) is 0 Å². The van der Waals surface area contributed by atoms with Crippen molar-refractivity contribution in [1.29, 1.82) is 0 Å². The predicted octanol–water partition coefficient (Wildman–Crippen LogP) is 3.31. The van der Waals surface area contributed by atoms with Crippen molar-refractivity contribution in [3.8, 4) is 0 Å². The fourth-order valence-electron chi connectivity index (χ4n) is 3.70. The highest BCUT2D eigenvalue weighted by atomic mass is 35.5. The van der Waals surface area contributed by atoms with Crippen molar-refractivity contribution in [3.63, 3.8) is 0 Å². The highest BCUT2D eigenvalue weighted by Gasteiger charge is 2.40. The molecule has 3 fully saturated rings. The molecule has 3 heterocycles. The van der Waals surface area contributed by atoms with Gasteiger partial charge in [0.15, 0.2) is 0 Å². The molecule has 4 rings (SSSR count).